The molecule has 0 radical (unpaired) electrons. The molecule has 0 fully saturated rings. The van der Waals surface area contributed by atoms with Crippen molar-refractivity contribution in [3.63, 3.8) is 0 Å². The van der Waals surface area contributed by atoms with Gasteiger partial charge in [0.15, 0.2) is 5.75 Å². The summed E-state index contributed by atoms with van der Waals surface area (Å²) in [5, 5.41) is 4.32. The molecule has 0 saturated carbocycles. The van der Waals surface area contributed by atoms with Gasteiger partial charge < -0.3 is 9.47 Å². The first-order chi connectivity index (χ1) is 11.6. The molecule has 0 atom stereocenters. The lowest BCUT2D eigenvalue weighted by Gasteiger charge is -2.09. The van der Waals surface area contributed by atoms with Gasteiger partial charge in [0.2, 0.25) is 5.69 Å². The van der Waals surface area contributed by atoms with Gasteiger partial charge in [-0.1, -0.05) is 36.4 Å². The topological polar surface area (TPSA) is 53.4 Å². The zero-order valence-corrected chi connectivity index (χ0v) is 13.8. The van der Waals surface area contributed by atoms with E-state index in [0.717, 1.165) is 16.8 Å². The smallest absolute Gasteiger partial charge is 0.368 e. The molecular formula is C19H18N2O3. The lowest BCUT2D eigenvalue weighted by atomic mass is 10.1. The number of carbonyl (C=O) groups excluding carboxylic acids is 1. The molecule has 1 aromatic heterocycles. The van der Waals surface area contributed by atoms with E-state index < -0.39 is 5.97 Å². The molecule has 24 heavy (non-hydrogen) atoms. The molecule has 5 heteroatoms. The number of nitrogens with zero attached hydrogens (tertiary/aromatic N) is 2. The summed E-state index contributed by atoms with van der Waals surface area (Å²) >= 11 is 0. The van der Waals surface area contributed by atoms with Crippen LogP contribution in [-0.4, -0.2) is 22.9 Å². The van der Waals surface area contributed by atoms with Crippen molar-refractivity contribution in [3.05, 3.63) is 71.5 Å². The Hall–Kier alpha value is -3.08. The number of carbonyl (C=O) groups is 1. The Morgan fingerprint density at radius 2 is 1.67 bits per heavy atom. The van der Waals surface area contributed by atoms with E-state index in [-0.39, 0.29) is 5.69 Å². The largest absolute Gasteiger partial charge is 0.493 e. The van der Waals surface area contributed by atoms with Gasteiger partial charge in [-0.2, -0.15) is 5.10 Å². The van der Waals surface area contributed by atoms with Gasteiger partial charge in [-0.25, -0.2) is 9.48 Å². The van der Waals surface area contributed by atoms with E-state index in [4.69, 9.17) is 9.47 Å². The molecule has 5 nitrogen and oxygen atoms in total. The number of benzene rings is 2. The molecule has 2 aromatic carbocycles. The Labute approximate surface area is 140 Å². The first kappa shape index (κ1) is 15.8. The summed E-state index contributed by atoms with van der Waals surface area (Å²) in [6.45, 7) is 3.80. The highest BCUT2D eigenvalue weighted by molar-refractivity contribution is 5.92. The van der Waals surface area contributed by atoms with Gasteiger partial charge in [-0.05, 0) is 37.1 Å². The van der Waals surface area contributed by atoms with Crippen LogP contribution in [0.2, 0.25) is 0 Å². The molecule has 122 valence electrons. The number of ether oxygens (including phenoxy) is 2. The minimum atomic E-state index is -0.543. The SMILES string of the molecule is COc1cn(-c2ccccc2)nc1C(=O)Oc1c(C)cccc1C. The Balaban J connectivity index is 1.94. The van der Waals surface area contributed by atoms with E-state index in [0.29, 0.717) is 11.5 Å². The van der Waals surface area contributed by atoms with E-state index in [9.17, 15) is 4.79 Å². The van der Waals surface area contributed by atoms with Crippen molar-refractivity contribution in [2.45, 2.75) is 13.8 Å². The van der Waals surface area contributed by atoms with E-state index in [2.05, 4.69) is 5.10 Å². The third kappa shape index (κ3) is 3.01. The molecule has 1 heterocycles. The number of methoxy groups -OCH3 is 1. The van der Waals surface area contributed by atoms with E-state index in [1.807, 2.05) is 62.4 Å². The fourth-order valence-corrected chi connectivity index (χ4v) is 2.46. The molecule has 0 aliphatic rings. The van der Waals surface area contributed by atoms with Gasteiger partial charge in [-0.3, -0.25) is 0 Å². The van der Waals surface area contributed by atoms with Crippen LogP contribution in [0, 0.1) is 13.8 Å². The molecule has 0 aliphatic carbocycles. The standard InChI is InChI=1S/C19H18N2O3/c1-13-8-7-9-14(2)18(13)24-19(22)17-16(23-3)12-21(20-17)15-10-5-4-6-11-15/h4-12H,1-3H3. The zero-order chi connectivity index (χ0) is 17.1. The molecule has 0 amide bonds. The molecule has 0 bridgehead atoms. The highest BCUT2D eigenvalue weighted by atomic mass is 16.5. The fourth-order valence-electron chi connectivity index (χ4n) is 2.46. The Morgan fingerprint density at radius 1 is 1.00 bits per heavy atom. The average Bonchev–Trinajstić information content (AvgIpc) is 3.03. The number of aromatic nitrogens is 2. The molecule has 0 aliphatic heterocycles. The van der Waals surface area contributed by atoms with Gasteiger partial charge in [0, 0.05) is 0 Å². The van der Waals surface area contributed by atoms with E-state index >= 15 is 0 Å². The predicted molar refractivity (Wildman–Crippen MR) is 91.0 cm³/mol. The second-order valence-electron chi connectivity index (χ2n) is 5.44. The number of rotatable bonds is 4. The zero-order valence-electron chi connectivity index (χ0n) is 13.8. The average molecular weight is 322 g/mol. The fraction of sp³-hybridized carbons (Fsp3) is 0.158. The molecule has 3 aromatic rings. The minimum absolute atomic E-state index is 0.143. The van der Waals surface area contributed by atoms with Crippen LogP contribution >= 0.6 is 0 Å². The van der Waals surface area contributed by atoms with Gasteiger partial charge >= 0.3 is 5.97 Å². The van der Waals surface area contributed by atoms with Gasteiger partial charge in [0.25, 0.3) is 0 Å². The third-order valence-corrected chi connectivity index (χ3v) is 3.72. The molecule has 0 N–H and O–H groups in total. The van der Waals surface area contributed by atoms with Crippen molar-refractivity contribution in [1.29, 1.82) is 0 Å². The first-order valence-corrected chi connectivity index (χ1v) is 7.57. The minimum Gasteiger partial charge on any atom is -0.493 e. The third-order valence-electron chi connectivity index (χ3n) is 3.72. The number of para-hydroxylation sites is 2. The van der Waals surface area contributed by atoms with Crippen LogP contribution < -0.4 is 9.47 Å². The monoisotopic (exact) mass is 322 g/mol. The van der Waals surface area contributed by atoms with Gasteiger partial charge in [-0.15, -0.1) is 0 Å². The Morgan fingerprint density at radius 3 is 2.29 bits per heavy atom. The summed E-state index contributed by atoms with van der Waals surface area (Å²) in [5.41, 5.74) is 2.76. The Bertz CT molecular complexity index is 849. The second kappa shape index (κ2) is 6.58. The van der Waals surface area contributed by atoms with Crippen molar-refractivity contribution < 1.29 is 14.3 Å². The summed E-state index contributed by atoms with van der Waals surface area (Å²) in [6, 6.07) is 15.2. The maximum absolute atomic E-state index is 12.6. The highest BCUT2D eigenvalue weighted by Crippen LogP contribution is 2.26. The highest BCUT2D eigenvalue weighted by Gasteiger charge is 2.21. The molecule has 0 saturated heterocycles. The molecular weight excluding hydrogens is 304 g/mol. The summed E-state index contributed by atoms with van der Waals surface area (Å²) in [6.07, 6.45) is 1.66. The van der Waals surface area contributed by atoms with Crippen molar-refractivity contribution in [2.75, 3.05) is 7.11 Å². The first-order valence-electron chi connectivity index (χ1n) is 7.57. The van der Waals surface area contributed by atoms with Crippen LogP contribution in [0.4, 0.5) is 0 Å². The number of hydrogen-bond donors (Lipinski definition) is 0. The van der Waals surface area contributed by atoms with Gasteiger partial charge in [0.1, 0.15) is 5.75 Å². The summed E-state index contributed by atoms with van der Waals surface area (Å²) in [4.78, 5) is 12.6. The maximum Gasteiger partial charge on any atom is 0.368 e. The van der Waals surface area contributed by atoms with Crippen LogP contribution in [0.25, 0.3) is 5.69 Å². The quantitative estimate of drug-likeness (QED) is 0.543. The summed E-state index contributed by atoms with van der Waals surface area (Å²) in [5.74, 6) is 0.382. The second-order valence-corrected chi connectivity index (χ2v) is 5.44. The lowest BCUT2D eigenvalue weighted by Crippen LogP contribution is -2.12. The van der Waals surface area contributed by atoms with Crippen molar-refractivity contribution >= 4 is 5.97 Å². The number of aryl methyl sites for hydroxylation is 2. The molecule has 3 rings (SSSR count). The maximum atomic E-state index is 12.6. The van der Waals surface area contributed by atoms with Crippen LogP contribution in [-0.2, 0) is 0 Å². The van der Waals surface area contributed by atoms with E-state index in [1.165, 1.54) is 7.11 Å². The Kier molecular flexibility index (Phi) is 4.33. The van der Waals surface area contributed by atoms with Crippen LogP contribution in [0.1, 0.15) is 21.6 Å². The predicted octanol–water partition coefficient (Wildman–Crippen LogP) is 3.72. The van der Waals surface area contributed by atoms with E-state index in [1.54, 1.807) is 10.9 Å². The number of esters is 1. The van der Waals surface area contributed by atoms with Crippen molar-refractivity contribution in [2.24, 2.45) is 0 Å². The van der Waals surface area contributed by atoms with Crippen LogP contribution in [0.5, 0.6) is 11.5 Å². The van der Waals surface area contributed by atoms with Crippen LogP contribution in [0.3, 0.4) is 0 Å². The molecule has 0 unspecified atom stereocenters. The number of hydrogen-bond acceptors (Lipinski definition) is 4. The van der Waals surface area contributed by atoms with Crippen molar-refractivity contribution in [1.82, 2.24) is 9.78 Å². The summed E-state index contributed by atoms with van der Waals surface area (Å²) in [7, 11) is 1.50. The lowest BCUT2D eigenvalue weighted by molar-refractivity contribution is 0.0722. The molecule has 0 spiro atoms. The van der Waals surface area contributed by atoms with Crippen molar-refractivity contribution in [3.8, 4) is 17.2 Å². The normalized spacial score (nSPS) is 10.5. The summed E-state index contributed by atoms with van der Waals surface area (Å²) < 4.78 is 12.4. The van der Waals surface area contributed by atoms with Crippen LogP contribution in [0.15, 0.2) is 54.7 Å². The van der Waals surface area contributed by atoms with Gasteiger partial charge in [0.05, 0.1) is 19.0 Å².